The van der Waals surface area contributed by atoms with Gasteiger partial charge in [0.05, 0.1) is 26.5 Å². The lowest BCUT2D eigenvalue weighted by molar-refractivity contribution is 0.343. The molecule has 2 aromatic heterocycles. The second-order valence-electron chi connectivity index (χ2n) is 8.86. The topological polar surface area (TPSA) is 139 Å². The van der Waals surface area contributed by atoms with E-state index in [0.29, 0.717) is 28.4 Å². The smallest absolute Gasteiger partial charge is 0.256 e. The van der Waals surface area contributed by atoms with Crippen LogP contribution in [0, 0.1) is 11.3 Å². The second-order valence-corrected chi connectivity index (χ2v) is 8.86. The van der Waals surface area contributed by atoms with Gasteiger partial charge in [0.1, 0.15) is 23.2 Å². The number of phenolic OH excluding ortho intramolecular Hbond substituents is 1. The molecule has 0 amide bonds. The quantitative estimate of drug-likeness (QED) is 0.247. The molecule has 0 aliphatic heterocycles. The van der Waals surface area contributed by atoms with Gasteiger partial charge in [-0.3, -0.25) is 0 Å². The average Bonchev–Trinajstić information content (AvgIpc) is 2.96. The number of hydrogen-bond acceptors (Lipinski definition) is 9. The summed E-state index contributed by atoms with van der Waals surface area (Å²) in [6, 6.07) is 21.1. The van der Waals surface area contributed by atoms with E-state index in [1.165, 1.54) is 13.3 Å². The summed E-state index contributed by atoms with van der Waals surface area (Å²) in [6.07, 6.45) is 3.08. The summed E-state index contributed by atoms with van der Waals surface area (Å²) in [5.41, 5.74) is 9.93. The Kier molecular flexibility index (Phi) is 6.85. The number of ether oxygens (including phenoxy) is 2. The largest absolute Gasteiger partial charge is 0.507 e. The second kappa shape index (κ2) is 10.6. The van der Waals surface area contributed by atoms with E-state index in [0.717, 1.165) is 27.6 Å². The number of nitrogen functional groups attached to an aromatic ring is 1. The van der Waals surface area contributed by atoms with E-state index in [1.807, 2.05) is 67.6 Å². The molecular formula is C30H26N6O3. The minimum Gasteiger partial charge on any atom is -0.507 e. The van der Waals surface area contributed by atoms with Crippen molar-refractivity contribution in [2.75, 3.05) is 25.3 Å². The molecule has 1 unspecified atom stereocenters. The number of fused-ring (bicyclic) bond motifs is 1. The third-order valence-electron chi connectivity index (χ3n) is 6.52. The van der Waals surface area contributed by atoms with Crippen LogP contribution in [0.3, 0.4) is 0 Å². The standard InChI is InChI=1S/C30H26N6O3/c1-17(35-28-21(14-31)16-34-30(32)36-28)23-12-19-10-7-11-22(20-13-24(38-2)29(39-3)33-15-20)26(19)27(37)25(23)18-8-5-4-6-9-18/h4-13,15-17,37H,1-3H3,(H3,32,34,35,36). The van der Waals surface area contributed by atoms with Gasteiger partial charge in [-0.2, -0.15) is 10.2 Å². The fraction of sp³-hybridized carbons (Fsp3) is 0.133. The predicted molar refractivity (Wildman–Crippen MR) is 151 cm³/mol. The van der Waals surface area contributed by atoms with E-state index in [-0.39, 0.29) is 23.3 Å². The highest BCUT2D eigenvalue weighted by atomic mass is 16.5. The number of aromatic nitrogens is 3. The van der Waals surface area contributed by atoms with E-state index >= 15 is 0 Å². The number of anilines is 2. The van der Waals surface area contributed by atoms with Gasteiger partial charge in [-0.05, 0) is 41.1 Å². The number of rotatable bonds is 7. The van der Waals surface area contributed by atoms with Crippen LogP contribution in [0.5, 0.6) is 17.4 Å². The number of nitriles is 1. The summed E-state index contributed by atoms with van der Waals surface area (Å²) in [5.74, 6) is 1.36. The molecule has 0 aliphatic rings. The first kappa shape index (κ1) is 25.3. The molecule has 5 aromatic rings. The van der Waals surface area contributed by atoms with Crippen LogP contribution in [-0.2, 0) is 0 Å². The van der Waals surface area contributed by atoms with Gasteiger partial charge in [-0.1, -0.05) is 48.5 Å². The SMILES string of the molecule is COc1cc(-c2cccc3cc(C(C)Nc4nc(N)ncc4C#N)c(-c4ccccc4)c(O)c23)cnc1OC. The van der Waals surface area contributed by atoms with Crippen LogP contribution in [0.1, 0.15) is 24.1 Å². The molecule has 9 heteroatoms. The van der Waals surface area contributed by atoms with Crippen LogP contribution in [-0.4, -0.2) is 34.3 Å². The highest BCUT2D eigenvalue weighted by Gasteiger charge is 2.22. The molecule has 1 atom stereocenters. The number of pyridine rings is 1. The number of hydrogen-bond donors (Lipinski definition) is 3. The maximum atomic E-state index is 11.9. The van der Waals surface area contributed by atoms with Gasteiger partial charge in [-0.25, -0.2) is 9.97 Å². The van der Waals surface area contributed by atoms with E-state index in [2.05, 4.69) is 26.3 Å². The zero-order valence-electron chi connectivity index (χ0n) is 21.6. The number of nitrogens with two attached hydrogens (primary N) is 1. The average molecular weight is 519 g/mol. The highest BCUT2D eigenvalue weighted by Crippen LogP contribution is 2.46. The lowest BCUT2D eigenvalue weighted by Crippen LogP contribution is -2.12. The minimum absolute atomic E-state index is 0.0570. The molecule has 0 spiro atoms. The molecule has 0 aliphatic carbocycles. The fourth-order valence-electron chi connectivity index (χ4n) is 4.70. The van der Waals surface area contributed by atoms with Crippen LogP contribution in [0.25, 0.3) is 33.0 Å². The molecule has 4 N–H and O–H groups in total. The van der Waals surface area contributed by atoms with Gasteiger partial charge in [0.2, 0.25) is 5.95 Å². The summed E-state index contributed by atoms with van der Waals surface area (Å²) in [7, 11) is 3.09. The third-order valence-corrected chi connectivity index (χ3v) is 6.52. The summed E-state index contributed by atoms with van der Waals surface area (Å²) in [4.78, 5) is 12.5. The highest BCUT2D eigenvalue weighted by molar-refractivity contribution is 6.05. The van der Waals surface area contributed by atoms with Gasteiger partial charge in [0.15, 0.2) is 5.75 Å². The number of phenols is 1. The van der Waals surface area contributed by atoms with Crippen LogP contribution in [0.15, 0.2) is 73.1 Å². The zero-order valence-corrected chi connectivity index (χ0v) is 21.6. The Balaban J connectivity index is 1.73. The maximum absolute atomic E-state index is 11.9. The summed E-state index contributed by atoms with van der Waals surface area (Å²) in [6.45, 7) is 1.94. The van der Waals surface area contributed by atoms with Gasteiger partial charge >= 0.3 is 0 Å². The van der Waals surface area contributed by atoms with E-state index in [4.69, 9.17) is 15.2 Å². The van der Waals surface area contributed by atoms with Crippen molar-refractivity contribution in [3.8, 4) is 45.7 Å². The van der Waals surface area contributed by atoms with Gasteiger partial charge in [0.25, 0.3) is 5.88 Å². The Bertz CT molecular complexity index is 1720. The number of nitrogens with one attached hydrogen (secondary N) is 1. The molecular weight excluding hydrogens is 492 g/mol. The first-order valence-corrected chi connectivity index (χ1v) is 12.2. The Morgan fingerprint density at radius 2 is 1.77 bits per heavy atom. The zero-order chi connectivity index (χ0) is 27.5. The number of methoxy groups -OCH3 is 2. The molecule has 0 radical (unpaired) electrons. The molecule has 39 heavy (non-hydrogen) atoms. The Labute approximate surface area is 225 Å². The van der Waals surface area contributed by atoms with Crippen molar-refractivity contribution in [3.05, 3.63) is 84.2 Å². The first-order valence-electron chi connectivity index (χ1n) is 12.2. The molecule has 5 rings (SSSR count). The molecule has 0 bridgehead atoms. The Hall–Kier alpha value is -5.36. The van der Waals surface area contributed by atoms with Crippen LogP contribution < -0.4 is 20.5 Å². The molecule has 0 saturated heterocycles. The molecule has 3 aromatic carbocycles. The maximum Gasteiger partial charge on any atom is 0.256 e. The Morgan fingerprint density at radius 1 is 0.974 bits per heavy atom. The van der Waals surface area contributed by atoms with Crippen LogP contribution in [0.4, 0.5) is 11.8 Å². The molecule has 0 saturated carbocycles. The van der Waals surface area contributed by atoms with Crippen LogP contribution >= 0.6 is 0 Å². The van der Waals surface area contributed by atoms with Gasteiger partial charge in [-0.15, -0.1) is 0 Å². The predicted octanol–water partition coefficient (Wildman–Crippen LogP) is 5.71. The molecule has 0 fully saturated rings. The van der Waals surface area contributed by atoms with Crippen molar-refractivity contribution in [1.82, 2.24) is 15.0 Å². The normalized spacial score (nSPS) is 11.5. The lowest BCUT2D eigenvalue weighted by Gasteiger charge is -2.23. The number of nitrogens with zero attached hydrogens (tertiary/aromatic N) is 4. The van der Waals surface area contributed by atoms with Crippen LogP contribution in [0.2, 0.25) is 0 Å². The first-order chi connectivity index (χ1) is 18.9. The Morgan fingerprint density at radius 3 is 2.49 bits per heavy atom. The van der Waals surface area contributed by atoms with Crippen molar-refractivity contribution in [1.29, 1.82) is 5.26 Å². The van der Waals surface area contributed by atoms with Crippen molar-refractivity contribution in [2.45, 2.75) is 13.0 Å². The number of benzene rings is 3. The van der Waals surface area contributed by atoms with E-state index < -0.39 is 0 Å². The van der Waals surface area contributed by atoms with E-state index in [1.54, 1.807) is 13.3 Å². The third kappa shape index (κ3) is 4.71. The molecule has 194 valence electrons. The van der Waals surface area contributed by atoms with Crippen molar-refractivity contribution in [2.24, 2.45) is 0 Å². The lowest BCUT2D eigenvalue weighted by atomic mass is 9.88. The molecule has 9 nitrogen and oxygen atoms in total. The minimum atomic E-state index is -0.358. The summed E-state index contributed by atoms with van der Waals surface area (Å²) in [5, 5.41) is 26.2. The van der Waals surface area contributed by atoms with Gasteiger partial charge in [0, 0.05) is 22.7 Å². The van der Waals surface area contributed by atoms with E-state index in [9.17, 15) is 10.4 Å². The number of aromatic hydroxyl groups is 1. The summed E-state index contributed by atoms with van der Waals surface area (Å²) < 4.78 is 10.8. The monoisotopic (exact) mass is 518 g/mol. The summed E-state index contributed by atoms with van der Waals surface area (Å²) >= 11 is 0. The van der Waals surface area contributed by atoms with Crippen molar-refractivity contribution < 1.29 is 14.6 Å². The van der Waals surface area contributed by atoms with Crippen molar-refractivity contribution in [3.63, 3.8) is 0 Å². The van der Waals surface area contributed by atoms with Crippen molar-refractivity contribution >= 4 is 22.5 Å². The fourth-order valence-corrected chi connectivity index (χ4v) is 4.70. The molecule has 2 heterocycles. The van der Waals surface area contributed by atoms with Gasteiger partial charge < -0.3 is 25.6 Å².